The van der Waals surface area contributed by atoms with E-state index in [2.05, 4.69) is 12.3 Å². The van der Waals surface area contributed by atoms with Gasteiger partial charge in [-0.15, -0.1) is 0 Å². The second-order valence-corrected chi connectivity index (χ2v) is 2.17. The molecule has 0 spiro atoms. The summed E-state index contributed by atoms with van der Waals surface area (Å²) in [5.41, 5.74) is 11.1. The van der Waals surface area contributed by atoms with Crippen LogP contribution in [0.25, 0.3) is 0 Å². The van der Waals surface area contributed by atoms with E-state index in [9.17, 15) is 0 Å². The standard InChI is InChI=1S/C7H14N2.CH5N/c1-5-6(2)7(8)9(3)4;1-2/h5H,1,8H2,2-4H3;2H2,1H3/b7-6+;. The molecule has 0 aromatic rings. The molecule has 0 saturated heterocycles. The maximum atomic E-state index is 5.60. The summed E-state index contributed by atoms with van der Waals surface area (Å²) < 4.78 is 0. The third kappa shape index (κ3) is 5.48. The topological polar surface area (TPSA) is 55.3 Å². The monoisotopic (exact) mass is 157 g/mol. The van der Waals surface area contributed by atoms with Crippen LogP contribution in [0.4, 0.5) is 0 Å². The average molecular weight is 157 g/mol. The summed E-state index contributed by atoms with van der Waals surface area (Å²) in [6.07, 6.45) is 1.75. The number of hydrogen-bond donors (Lipinski definition) is 2. The van der Waals surface area contributed by atoms with Gasteiger partial charge in [-0.3, -0.25) is 0 Å². The van der Waals surface area contributed by atoms with Crippen LogP contribution in [-0.4, -0.2) is 26.0 Å². The van der Waals surface area contributed by atoms with Crippen molar-refractivity contribution >= 4 is 0 Å². The summed E-state index contributed by atoms with van der Waals surface area (Å²) in [4.78, 5) is 1.86. The highest BCUT2D eigenvalue weighted by Gasteiger charge is 1.93. The first-order valence-corrected chi connectivity index (χ1v) is 3.43. The molecule has 3 heteroatoms. The Labute approximate surface area is 69.4 Å². The van der Waals surface area contributed by atoms with Crippen molar-refractivity contribution in [2.45, 2.75) is 6.92 Å². The number of rotatable bonds is 2. The molecule has 0 bridgehead atoms. The van der Waals surface area contributed by atoms with Gasteiger partial charge in [-0.1, -0.05) is 12.7 Å². The van der Waals surface area contributed by atoms with Gasteiger partial charge >= 0.3 is 0 Å². The minimum absolute atomic E-state index is 0.769. The van der Waals surface area contributed by atoms with Gasteiger partial charge in [-0.05, 0) is 19.5 Å². The molecule has 66 valence electrons. The largest absolute Gasteiger partial charge is 0.385 e. The van der Waals surface area contributed by atoms with Crippen LogP contribution in [0.1, 0.15) is 6.92 Å². The van der Waals surface area contributed by atoms with Crippen LogP contribution in [0.5, 0.6) is 0 Å². The number of allylic oxidation sites excluding steroid dienone is 2. The third-order valence-corrected chi connectivity index (χ3v) is 1.19. The lowest BCUT2D eigenvalue weighted by Gasteiger charge is -2.13. The van der Waals surface area contributed by atoms with Gasteiger partial charge in [0.05, 0.1) is 0 Å². The molecule has 0 radical (unpaired) electrons. The number of hydrogen-bond acceptors (Lipinski definition) is 3. The first-order chi connectivity index (χ1) is 5.09. The van der Waals surface area contributed by atoms with Crippen LogP contribution in [0, 0.1) is 0 Å². The molecule has 0 aromatic carbocycles. The zero-order valence-corrected chi connectivity index (χ0v) is 7.89. The van der Waals surface area contributed by atoms with Crippen LogP contribution in [0.3, 0.4) is 0 Å². The van der Waals surface area contributed by atoms with E-state index >= 15 is 0 Å². The Kier molecular flexibility index (Phi) is 8.25. The predicted octanol–water partition coefficient (Wildman–Crippen LogP) is 0.499. The van der Waals surface area contributed by atoms with E-state index in [4.69, 9.17) is 5.73 Å². The molecular formula is C8H19N3. The van der Waals surface area contributed by atoms with Gasteiger partial charge in [-0.2, -0.15) is 0 Å². The Balaban J connectivity index is 0. The molecule has 0 aliphatic heterocycles. The van der Waals surface area contributed by atoms with Gasteiger partial charge in [0, 0.05) is 14.1 Å². The van der Waals surface area contributed by atoms with Gasteiger partial charge < -0.3 is 16.4 Å². The molecule has 0 aliphatic carbocycles. The Hall–Kier alpha value is -0.960. The SMILES string of the molecule is C=C/C(C)=C(\N)N(C)C.CN. The molecule has 0 amide bonds. The van der Waals surface area contributed by atoms with Crippen LogP contribution in [-0.2, 0) is 0 Å². The van der Waals surface area contributed by atoms with Crippen LogP contribution >= 0.6 is 0 Å². The second-order valence-electron chi connectivity index (χ2n) is 2.17. The zero-order valence-electron chi connectivity index (χ0n) is 7.89. The third-order valence-electron chi connectivity index (χ3n) is 1.19. The summed E-state index contributed by atoms with van der Waals surface area (Å²) in [7, 11) is 5.31. The molecule has 0 heterocycles. The van der Waals surface area contributed by atoms with Gasteiger partial charge in [0.25, 0.3) is 0 Å². The van der Waals surface area contributed by atoms with E-state index in [1.165, 1.54) is 7.05 Å². The molecule has 0 atom stereocenters. The summed E-state index contributed by atoms with van der Waals surface area (Å²) in [6.45, 7) is 5.53. The minimum atomic E-state index is 0.769. The lowest BCUT2D eigenvalue weighted by molar-refractivity contribution is 0.501. The van der Waals surface area contributed by atoms with Crippen molar-refractivity contribution < 1.29 is 0 Å². The van der Waals surface area contributed by atoms with E-state index < -0.39 is 0 Å². The summed E-state index contributed by atoms with van der Waals surface area (Å²) >= 11 is 0. The van der Waals surface area contributed by atoms with E-state index in [-0.39, 0.29) is 0 Å². The van der Waals surface area contributed by atoms with Crippen molar-refractivity contribution in [1.29, 1.82) is 0 Å². The average Bonchev–Trinajstić information content (AvgIpc) is 2.05. The zero-order chi connectivity index (χ0) is 9.44. The number of nitrogens with two attached hydrogens (primary N) is 2. The van der Waals surface area contributed by atoms with Crippen molar-refractivity contribution in [3.63, 3.8) is 0 Å². The lowest BCUT2D eigenvalue weighted by Crippen LogP contribution is -2.19. The molecule has 3 nitrogen and oxygen atoms in total. The van der Waals surface area contributed by atoms with Gasteiger partial charge in [0.15, 0.2) is 0 Å². The first kappa shape index (κ1) is 12.7. The molecule has 0 saturated carbocycles. The van der Waals surface area contributed by atoms with Crippen LogP contribution < -0.4 is 11.5 Å². The minimum Gasteiger partial charge on any atom is -0.385 e. The van der Waals surface area contributed by atoms with E-state index in [1.807, 2.05) is 25.9 Å². The summed E-state index contributed by atoms with van der Waals surface area (Å²) in [5.74, 6) is 0.769. The smallest absolute Gasteiger partial charge is 0.101 e. The lowest BCUT2D eigenvalue weighted by atomic mass is 10.3. The Morgan fingerprint density at radius 3 is 1.82 bits per heavy atom. The predicted molar refractivity (Wildman–Crippen MR) is 50.9 cm³/mol. The van der Waals surface area contributed by atoms with Crippen molar-refractivity contribution in [3.8, 4) is 0 Å². The fourth-order valence-electron chi connectivity index (χ4n) is 0.457. The molecule has 0 fully saturated rings. The van der Waals surface area contributed by atoms with Crippen molar-refractivity contribution in [3.05, 3.63) is 24.0 Å². The highest BCUT2D eigenvalue weighted by molar-refractivity contribution is 5.17. The molecule has 11 heavy (non-hydrogen) atoms. The molecule has 4 N–H and O–H groups in total. The second kappa shape index (κ2) is 7.15. The quantitative estimate of drug-likeness (QED) is 0.574. The Morgan fingerprint density at radius 1 is 1.36 bits per heavy atom. The maximum Gasteiger partial charge on any atom is 0.101 e. The summed E-state index contributed by atoms with van der Waals surface area (Å²) in [5, 5.41) is 0. The van der Waals surface area contributed by atoms with Crippen LogP contribution in [0.15, 0.2) is 24.0 Å². The molecule has 0 aromatic heterocycles. The first-order valence-electron chi connectivity index (χ1n) is 3.43. The highest BCUT2D eigenvalue weighted by atomic mass is 15.1. The normalized spacial score (nSPS) is 10.6. The van der Waals surface area contributed by atoms with E-state index in [0.29, 0.717) is 0 Å². The van der Waals surface area contributed by atoms with Crippen molar-refractivity contribution in [2.24, 2.45) is 11.5 Å². The molecule has 0 aliphatic rings. The van der Waals surface area contributed by atoms with Crippen molar-refractivity contribution in [2.75, 3.05) is 21.1 Å². The van der Waals surface area contributed by atoms with Crippen molar-refractivity contribution in [1.82, 2.24) is 4.90 Å². The Morgan fingerprint density at radius 2 is 1.73 bits per heavy atom. The van der Waals surface area contributed by atoms with Crippen LogP contribution in [0.2, 0.25) is 0 Å². The fourth-order valence-corrected chi connectivity index (χ4v) is 0.457. The van der Waals surface area contributed by atoms with Gasteiger partial charge in [0.1, 0.15) is 5.82 Å². The maximum absolute atomic E-state index is 5.60. The van der Waals surface area contributed by atoms with E-state index in [1.54, 1.807) is 6.08 Å². The van der Waals surface area contributed by atoms with Gasteiger partial charge in [-0.25, -0.2) is 0 Å². The van der Waals surface area contributed by atoms with E-state index in [0.717, 1.165) is 11.4 Å². The number of nitrogens with zero attached hydrogens (tertiary/aromatic N) is 1. The molecule has 0 unspecified atom stereocenters. The Bertz CT molecular complexity index is 136. The fraction of sp³-hybridized carbons (Fsp3) is 0.500. The molecule has 0 rings (SSSR count). The molecular weight excluding hydrogens is 138 g/mol. The van der Waals surface area contributed by atoms with Gasteiger partial charge in [0.2, 0.25) is 0 Å². The summed E-state index contributed by atoms with van der Waals surface area (Å²) in [6, 6.07) is 0. The highest BCUT2D eigenvalue weighted by Crippen LogP contribution is 1.99.